The number of aliphatic hydroxyl groups is 1. The molecular weight excluding hydrogens is 294 g/mol. The van der Waals surface area contributed by atoms with Crippen LogP contribution in [0, 0.1) is 11.8 Å². The van der Waals surface area contributed by atoms with Crippen molar-refractivity contribution >= 4 is 11.9 Å². The first-order valence-corrected chi connectivity index (χ1v) is 8.16. The van der Waals surface area contributed by atoms with E-state index in [1.165, 1.54) is 4.90 Å². The Labute approximate surface area is 136 Å². The lowest BCUT2D eigenvalue weighted by atomic mass is 9.78. The van der Waals surface area contributed by atoms with Crippen molar-refractivity contribution in [3.63, 3.8) is 0 Å². The van der Waals surface area contributed by atoms with E-state index in [0.717, 1.165) is 18.4 Å². The number of carboxylic acid groups (broad SMARTS) is 1. The minimum Gasteiger partial charge on any atom is -0.481 e. The number of amides is 1. The van der Waals surface area contributed by atoms with Crippen molar-refractivity contribution in [1.29, 1.82) is 0 Å². The molecule has 126 valence electrons. The molecule has 0 aromatic heterocycles. The molecule has 23 heavy (non-hydrogen) atoms. The van der Waals surface area contributed by atoms with Crippen LogP contribution in [0.2, 0.25) is 0 Å². The zero-order chi connectivity index (χ0) is 17.0. The molecule has 2 rings (SSSR count). The zero-order valence-corrected chi connectivity index (χ0v) is 13.7. The highest BCUT2D eigenvalue weighted by atomic mass is 16.4. The second-order valence-corrected chi connectivity index (χ2v) is 6.38. The van der Waals surface area contributed by atoms with E-state index < -0.39 is 30.0 Å². The smallest absolute Gasteiger partial charge is 0.307 e. The van der Waals surface area contributed by atoms with E-state index in [-0.39, 0.29) is 5.91 Å². The van der Waals surface area contributed by atoms with Crippen molar-refractivity contribution in [3.05, 3.63) is 35.9 Å². The fourth-order valence-electron chi connectivity index (χ4n) is 3.32. The molecule has 1 fully saturated rings. The molecule has 4 atom stereocenters. The van der Waals surface area contributed by atoms with Gasteiger partial charge >= 0.3 is 5.97 Å². The van der Waals surface area contributed by atoms with Crippen LogP contribution in [-0.4, -0.2) is 40.1 Å². The van der Waals surface area contributed by atoms with Gasteiger partial charge in [-0.3, -0.25) is 9.59 Å². The van der Waals surface area contributed by atoms with Gasteiger partial charge in [-0.15, -0.1) is 0 Å². The summed E-state index contributed by atoms with van der Waals surface area (Å²) in [5.74, 6) is -2.18. The van der Waals surface area contributed by atoms with Crippen LogP contribution in [0.4, 0.5) is 0 Å². The Balaban J connectivity index is 2.10. The molecule has 2 N–H and O–H groups in total. The minimum atomic E-state index is -0.896. The van der Waals surface area contributed by atoms with Crippen LogP contribution in [0.3, 0.4) is 0 Å². The first-order chi connectivity index (χ1) is 10.9. The second kappa shape index (κ2) is 7.59. The number of likely N-dealkylation sites (N-methyl/N-ethyl adjacent to an activating group) is 1. The lowest BCUT2D eigenvalue weighted by Crippen LogP contribution is -2.46. The number of carboxylic acids is 1. The molecule has 0 heterocycles. The van der Waals surface area contributed by atoms with Crippen LogP contribution < -0.4 is 0 Å². The third-order valence-electron chi connectivity index (χ3n) is 4.96. The number of nitrogens with zero attached hydrogens (tertiary/aromatic N) is 1. The summed E-state index contributed by atoms with van der Waals surface area (Å²) in [7, 11) is 1.65. The predicted molar refractivity (Wildman–Crippen MR) is 86.7 cm³/mol. The molecule has 1 amide bonds. The molecule has 1 aliphatic rings. The number of aliphatic hydroxyl groups excluding tert-OH is 1. The van der Waals surface area contributed by atoms with Crippen LogP contribution >= 0.6 is 0 Å². The fraction of sp³-hybridized carbons (Fsp3) is 0.556. The van der Waals surface area contributed by atoms with Crippen LogP contribution in [-0.2, 0) is 9.59 Å². The Kier molecular flexibility index (Phi) is 5.77. The Morgan fingerprint density at radius 3 is 2.26 bits per heavy atom. The zero-order valence-electron chi connectivity index (χ0n) is 13.7. The molecule has 4 unspecified atom stereocenters. The van der Waals surface area contributed by atoms with Gasteiger partial charge in [-0.25, -0.2) is 0 Å². The lowest BCUT2D eigenvalue weighted by molar-refractivity contribution is -0.153. The van der Waals surface area contributed by atoms with Crippen LogP contribution in [0.5, 0.6) is 0 Å². The quantitative estimate of drug-likeness (QED) is 0.874. The van der Waals surface area contributed by atoms with Crippen LogP contribution in [0.15, 0.2) is 30.3 Å². The molecule has 0 saturated heterocycles. The summed E-state index contributed by atoms with van der Waals surface area (Å²) in [6.45, 7) is 1.79. The first-order valence-electron chi connectivity index (χ1n) is 8.16. The number of hydrogen-bond donors (Lipinski definition) is 2. The van der Waals surface area contributed by atoms with Crippen LogP contribution in [0.1, 0.15) is 44.3 Å². The Hall–Kier alpha value is -1.88. The van der Waals surface area contributed by atoms with Gasteiger partial charge in [0.05, 0.1) is 24.0 Å². The molecule has 0 spiro atoms. The van der Waals surface area contributed by atoms with E-state index in [2.05, 4.69) is 0 Å². The highest BCUT2D eigenvalue weighted by Gasteiger charge is 2.38. The number of benzene rings is 1. The normalized spacial score (nSPS) is 23.8. The highest BCUT2D eigenvalue weighted by molar-refractivity contribution is 5.85. The van der Waals surface area contributed by atoms with Crippen molar-refractivity contribution in [2.45, 2.75) is 44.8 Å². The maximum Gasteiger partial charge on any atom is 0.307 e. The summed E-state index contributed by atoms with van der Waals surface area (Å²) in [6.07, 6.45) is 2.09. The van der Waals surface area contributed by atoms with Gasteiger partial charge in [-0.2, -0.15) is 0 Å². The molecule has 5 nitrogen and oxygen atoms in total. The number of rotatable bonds is 5. The lowest BCUT2D eigenvalue weighted by Gasteiger charge is -2.35. The van der Waals surface area contributed by atoms with Gasteiger partial charge in [-0.1, -0.05) is 43.2 Å². The van der Waals surface area contributed by atoms with Gasteiger partial charge in [0.1, 0.15) is 0 Å². The van der Waals surface area contributed by atoms with E-state index in [9.17, 15) is 19.8 Å². The van der Waals surface area contributed by atoms with Gasteiger partial charge in [0.15, 0.2) is 0 Å². The summed E-state index contributed by atoms with van der Waals surface area (Å²) in [5, 5.41) is 19.8. The number of carbonyl (C=O) groups excluding carboxylic acids is 1. The van der Waals surface area contributed by atoms with E-state index >= 15 is 0 Å². The van der Waals surface area contributed by atoms with E-state index in [1.54, 1.807) is 14.0 Å². The van der Waals surface area contributed by atoms with E-state index in [1.807, 2.05) is 30.3 Å². The minimum absolute atomic E-state index is 0.181. The third-order valence-corrected chi connectivity index (χ3v) is 4.96. The summed E-state index contributed by atoms with van der Waals surface area (Å²) in [6, 6.07) is 8.78. The maximum atomic E-state index is 12.7. The first kappa shape index (κ1) is 17.5. The van der Waals surface area contributed by atoms with Crippen molar-refractivity contribution < 1.29 is 19.8 Å². The maximum absolute atomic E-state index is 12.7. The largest absolute Gasteiger partial charge is 0.481 e. The number of aliphatic carboxylic acids is 1. The van der Waals surface area contributed by atoms with Crippen molar-refractivity contribution in [2.24, 2.45) is 11.8 Å². The number of hydrogen-bond acceptors (Lipinski definition) is 3. The van der Waals surface area contributed by atoms with Crippen LogP contribution in [0.25, 0.3) is 0 Å². The molecule has 1 saturated carbocycles. The standard InChI is InChI=1S/C18H25NO4/c1-12(16(20)13-8-4-3-5-9-13)19(2)17(21)14-10-6-7-11-15(14)18(22)23/h3-5,8-9,12,14-16,20H,6-7,10-11H2,1-2H3,(H,22,23). The predicted octanol–water partition coefficient (Wildman–Crippen LogP) is 2.46. The Morgan fingerprint density at radius 2 is 1.70 bits per heavy atom. The van der Waals surface area contributed by atoms with E-state index in [4.69, 9.17) is 0 Å². The summed E-state index contributed by atoms with van der Waals surface area (Å²) >= 11 is 0. The molecule has 0 radical (unpaired) electrons. The average Bonchev–Trinajstić information content (AvgIpc) is 2.59. The molecule has 0 bridgehead atoms. The van der Waals surface area contributed by atoms with Gasteiger partial charge in [0.25, 0.3) is 0 Å². The third kappa shape index (κ3) is 3.91. The van der Waals surface area contributed by atoms with Gasteiger partial charge < -0.3 is 15.1 Å². The Bertz CT molecular complexity index is 545. The Morgan fingerprint density at radius 1 is 1.13 bits per heavy atom. The SMILES string of the molecule is CC(C(O)c1ccccc1)N(C)C(=O)C1CCCCC1C(=O)O. The molecule has 1 aliphatic carbocycles. The average molecular weight is 319 g/mol. The highest BCUT2D eigenvalue weighted by Crippen LogP contribution is 2.33. The molecule has 0 aliphatic heterocycles. The molecule has 1 aromatic rings. The van der Waals surface area contributed by atoms with Gasteiger partial charge in [-0.05, 0) is 25.3 Å². The summed E-state index contributed by atoms with van der Waals surface area (Å²) in [5.41, 5.74) is 0.748. The van der Waals surface area contributed by atoms with Crippen molar-refractivity contribution in [1.82, 2.24) is 4.90 Å². The van der Waals surface area contributed by atoms with Gasteiger partial charge in [0.2, 0.25) is 5.91 Å². The summed E-state index contributed by atoms with van der Waals surface area (Å²) in [4.78, 5) is 25.6. The van der Waals surface area contributed by atoms with Crippen molar-refractivity contribution in [2.75, 3.05) is 7.05 Å². The fourth-order valence-corrected chi connectivity index (χ4v) is 3.32. The molecule has 1 aromatic carbocycles. The van der Waals surface area contributed by atoms with Crippen molar-refractivity contribution in [3.8, 4) is 0 Å². The molecule has 5 heteroatoms. The second-order valence-electron chi connectivity index (χ2n) is 6.38. The van der Waals surface area contributed by atoms with Gasteiger partial charge in [0, 0.05) is 7.05 Å². The number of carbonyl (C=O) groups is 2. The van der Waals surface area contributed by atoms with E-state index in [0.29, 0.717) is 12.8 Å². The summed E-state index contributed by atoms with van der Waals surface area (Å²) < 4.78 is 0. The monoisotopic (exact) mass is 319 g/mol. The topological polar surface area (TPSA) is 77.8 Å². The molecular formula is C18H25NO4.